The van der Waals surface area contributed by atoms with Gasteiger partial charge in [0.1, 0.15) is 0 Å². The van der Waals surface area contributed by atoms with Crippen LogP contribution in [-0.2, 0) is 4.79 Å². The third-order valence-electron chi connectivity index (χ3n) is 4.51. The molecule has 0 bridgehead atoms. The van der Waals surface area contributed by atoms with E-state index in [9.17, 15) is 14.4 Å². The Morgan fingerprint density at radius 2 is 1.34 bits per heavy atom. The van der Waals surface area contributed by atoms with E-state index in [-0.39, 0.29) is 16.5 Å². The Kier molecular flexibility index (Phi) is 11.2. The van der Waals surface area contributed by atoms with Gasteiger partial charge in [-0.2, -0.15) is 0 Å². The Morgan fingerprint density at radius 1 is 0.781 bits per heavy atom. The van der Waals surface area contributed by atoms with E-state index in [1.54, 1.807) is 12.1 Å². The summed E-state index contributed by atoms with van der Waals surface area (Å²) in [7, 11) is 0. The van der Waals surface area contributed by atoms with Gasteiger partial charge < -0.3 is 15.3 Å². The van der Waals surface area contributed by atoms with E-state index in [1.807, 2.05) is 44.2 Å². The van der Waals surface area contributed by atoms with Gasteiger partial charge >= 0.3 is 17.9 Å². The number of aromatic carboxylic acids is 2. The van der Waals surface area contributed by atoms with E-state index in [0.29, 0.717) is 10.6 Å². The number of hydrogen-bond acceptors (Lipinski definition) is 3. The van der Waals surface area contributed by atoms with Crippen LogP contribution in [0.3, 0.4) is 0 Å². The lowest BCUT2D eigenvalue weighted by molar-refractivity contribution is -0.141. The molecule has 0 amide bonds. The highest BCUT2D eigenvalue weighted by molar-refractivity contribution is 6.35. The summed E-state index contributed by atoms with van der Waals surface area (Å²) in [6.45, 7) is 3.78. The first-order valence-corrected chi connectivity index (χ1v) is 10.5. The largest absolute Gasteiger partial charge is 0.481 e. The summed E-state index contributed by atoms with van der Waals surface area (Å²) in [6.07, 6.45) is 1.48. The number of halogens is 2. The van der Waals surface area contributed by atoms with Crippen molar-refractivity contribution in [2.45, 2.75) is 26.7 Å². The highest BCUT2D eigenvalue weighted by atomic mass is 35.5. The van der Waals surface area contributed by atoms with Crippen molar-refractivity contribution in [1.82, 2.24) is 0 Å². The predicted molar refractivity (Wildman–Crippen MR) is 126 cm³/mol. The first-order valence-electron chi connectivity index (χ1n) is 9.74. The molecule has 6 nitrogen and oxygen atoms in total. The molecule has 0 heterocycles. The van der Waals surface area contributed by atoms with Crippen molar-refractivity contribution in [3.8, 4) is 0 Å². The zero-order chi connectivity index (χ0) is 24.3. The fraction of sp³-hybridized carbons (Fsp3) is 0.208. The molecule has 0 unspecified atom stereocenters. The molecule has 0 spiro atoms. The molecule has 0 atom stereocenters. The Hall–Kier alpha value is -3.09. The second-order valence-electron chi connectivity index (χ2n) is 6.61. The molecule has 0 aliphatic rings. The van der Waals surface area contributed by atoms with Gasteiger partial charge in [0.15, 0.2) is 0 Å². The van der Waals surface area contributed by atoms with Crippen molar-refractivity contribution in [3.05, 3.63) is 81.8 Å². The molecule has 0 radical (unpaired) electrons. The van der Waals surface area contributed by atoms with Crippen LogP contribution in [0.25, 0.3) is 10.8 Å². The van der Waals surface area contributed by atoms with Gasteiger partial charge in [0.05, 0.1) is 22.1 Å². The number of carbonyl (C=O) groups is 3. The van der Waals surface area contributed by atoms with Crippen molar-refractivity contribution >= 4 is 51.9 Å². The number of aliphatic carboxylic acids is 1. The third-order valence-corrected chi connectivity index (χ3v) is 5.08. The third kappa shape index (κ3) is 8.21. The monoisotopic (exact) mass is 478 g/mol. The van der Waals surface area contributed by atoms with Gasteiger partial charge in [-0.15, -0.1) is 0 Å². The minimum absolute atomic E-state index is 0.0270. The molecule has 0 saturated carbocycles. The van der Waals surface area contributed by atoms with Crippen LogP contribution >= 0.6 is 23.2 Å². The molecule has 3 rings (SSSR count). The van der Waals surface area contributed by atoms with Crippen molar-refractivity contribution in [2.75, 3.05) is 0 Å². The van der Waals surface area contributed by atoms with Gasteiger partial charge in [-0.05, 0) is 47.9 Å². The maximum atomic E-state index is 10.8. The molecule has 0 aromatic heterocycles. The lowest BCUT2D eigenvalue weighted by Crippen LogP contribution is -2.10. The Balaban J connectivity index is 0.000000248. The molecule has 0 fully saturated rings. The van der Waals surface area contributed by atoms with E-state index in [0.717, 1.165) is 23.6 Å². The second kappa shape index (κ2) is 13.3. The maximum Gasteiger partial charge on any atom is 0.337 e. The van der Waals surface area contributed by atoms with E-state index < -0.39 is 17.9 Å². The predicted octanol–water partition coefficient (Wildman–Crippen LogP) is 6.74. The first-order chi connectivity index (χ1) is 15.1. The average molecular weight is 479 g/mol. The Morgan fingerprint density at radius 3 is 1.81 bits per heavy atom. The van der Waals surface area contributed by atoms with E-state index in [2.05, 4.69) is 0 Å². The summed E-state index contributed by atoms with van der Waals surface area (Å²) in [6, 6.07) is 17.0. The fourth-order valence-electron chi connectivity index (χ4n) is 2.71. The van der Waals surface area contributed by atoms with Gasteiger partial charge in [0, 0.05) is 5.02 Å². The smallest absolute Gasteiger partial charge is 0.337 e. The molecule has 0 aliphatic heterocycles. The minimum Gasteiger partial charge on any atom is -0.481 e. The SMILES string of the molecule is CCC(CC)C(=O)O.O=C(O)c1cc(Cl)ccc1Cl.O=C(O)c1cccc2ccccc12. The summed E-state index contributed by atoms with van der Waals surface area (Å²) >= 11 is 11.1. The molecule has 32 heavy (non-hydrogen) atoms. The average Bonchev–Trinajstić information content (AvgIpc) is 2.76. The molecule has 0 aliphatic carbocycles. The highest BCUT2D eigenvalue weighted by Gasteiger charge is 2.10. The van der Waals surface area contributed by atoms with Gasteiger partial charge in [-0.1, -0.05) is 73.4 Å². The van der Waals surface area contributed by atoms with Crippen LogP contribution in [0.1, 0.15) is 47.4 Å². The fourth-order valence-corrected chi connectivity index (χ4v) is 3.08. The second-order valence-corrected chi connectivity index (χ2v) is 7.46. The van der Waals surface area contributed by atoms with Crippen molar-refractivity contribution in [1.29, 1.82) is 0 Å². The van der Waals surface area contributed by atoms with Crippen molar-refractivity contribution < 1.29 is 29.7 Å². The van der Waals surface area contributed by atoms with E-state index in [1.165, 1.54) is 18.2 Å². The topological polar surface area (TPSA) is 112 Å². The van der Waals surface area contributed by atoms with E-state index >= 15 is 0 Å². The number of rotatable bonds is 5. The number of hydrogen-bond donors (Lipinski definition) is 3. The standard InChI is InChI=1S/C11H8O2.C7H4Cl2O2.C6H12O2/c12-11(13)10-7-3-5-8-4-1-2-6-9(8)10;8-4-1-2-6(9)5(3-4)7(10)11;1-3-5(4-2)6(7)8/h1-7H,(H,12,13);1-3H,(H,10,11);5H,3-4H2,1-2H3,(H,7,8). The number of carboxylic acid groups (broad SMARTS) is 3. The summed E-state index contributed by atoms with van der Waals surface area (Å²) in [5.41, 5.74) is 0.386. The summed E-state index contributed by atoms with van der Waals surface area (Å²) in [5, 5.41) is 28.1. The van der Waals surface area contributed by atoms with Crippen LogP contribution in [0.2, 0.25) is 10.0 Å². The Bertz CT molecular complexity index is 1070. The van der Waals surface area contributed by atoms with Crippen molar-refractivity contribution in [2.24, 2.45) is 5.92 Å². The lowest BCUT2D eigenvalue weighted by Gasteiger charge is -2.02. The highest BCUT2D eigenvalue weighted by Crippen LogP contribution is 2.20. The van der Waals surface area contributed by atoms with Gasteiger partial charge in [0.2, 0.25) is 0 Å². The van der Waals surface area contributed by atoms with Gasteiger partial charge in [-0.25, -0.2) is 9.59 Å². The first kappa shape index (κ1) is 26.9. The van der Waals surface area contributed by atoms with Crippen LogP contribution in [0, 0.1) is 5.92 Å². The molecule has 170 valence electrons. The quantitative estimate of drug-likeness (QED) is 0.374. The molecule has 3 aromatic carbocycles. The summed E-state index contributed by atoms with van der Waals surface area (Å²) in [4.78, 5) is 31.4. The summed E-state index contributed by atoms with van der Waals surface area (Å²) in [5.74, 6) is -2.75. The van der Waals surface area contributed by atoms with Gasteiger partial charge in [-0.3, -0.25) is 4.79 Å². The van der Waals surface area contributed by atoms with Crippen LogP contribution in [0.5, 0.6) is 0 Å². The van der Waals surface area contributed by atoms with Crippen molar-refractivity contribution in [3.63, 3.8) is 0 Å². The maximum absolute atomic E-state index is 10.8. The lowest BCUT2D eigenvalue weighted by atomic mass is 10.1. The molecule has 0 saturated heterocycles. The normalized spacial score (nSPS) is 9.91. The van der Waals surface area contributed by atoms with Crippen LogP contribution in [0.4, 0.5) is 0 Å². The number of benzene rings is 3. The van der Waals surface area contributed by atoms with E-state index in [4.69, 9.17) is 38.5 Å². The molecular weight excluding hydrogens is 455 g/mol. The van der Waals surface area contributed by atoms with Crippen LogP contribution in [0.15, 0.2) is 60.7 Å². The molecule has 3 N–H and O–H groups in total. The molecular formula is C24H24Cl2O6. The molecule has 3 aromatic rings. The zero-order valence-corrected chi connectivity index (χ0v) is 19.1. The van der Waals surface area contributed by atoms with Crippen LogP contribution in [-0.4, -0.2) is 33.2 Å². The van der Waals surface area contributed by atoms with Crippen LogP contribution < -0.4 is 0 Å². The Labute approximate surface area is 196 Å². The van der Waals surface area contributed by atoms with Gasteiger partial charge in [0.25, 0.3) is 0 Å². The number of carboxylic acids is 3. The number of fused-ring (bicyclic) bond motifs is 1. The zero-order valence-electron chi connectivity index (χ0n) is 17.6. The molecule has 8 heteroatoms. The summed E-state index contributed by atoms with van der Waals surface area (Å²) < 4.78 is 0. The minimum atomic E-state index is -1.07.